The summed E-state index contributed by atoms with van der Waals surface area (Å²) in [6.07, 6.45) is 0. The molecule has 1 fully saturated rings. The maximum atomic E-state index is 12.6. The molecular weight excluding hydrogens is 437 g/mol. The molecule has 3 rings (SSSR count). The molecule has 166 valence electrons. The van der Waals surface area contributed by atoms with Crippen molar-refractivity contribution in [1.29, 1.82) is 0 Å². The van der Waals surface area contributed by atoms with Crippen molar-refractivity contribution in [1.82, 2.24) is 4.90 Å². The molecule has 0 aromatic heterocycles. The van der Waals surface area contributed by atoms with Gasteiger partial charge in [0.1, 0.15) is 0 Å². The predicted molar refractivity (Wildman–Crippen MR) is 126 cm³/mol. The van der Waals surface area contributed by atoms with E-state index in [-0.39, 0.29) is 27.3 Å². The molecule has 0 atom stereocenters. The van der Waals surface area contributed by atoms with Crippen LogP contribution in [0.2, 0.25) is 10.0 Å². The summed E-state index contributed by atoms with van der Waals surface area (Å²) in [6, 6.07) is 10.7. The summed E-state index contributed by atoms with van der Waals surface area (Å²) in [5, 5.41) is 3.41. The highest BCUT2D eigenvalue weighted by Gasteiger charge is 2.29. The number of hydrogen-bond donors (Lipinski definition) is 1. The minimum Gasteiger partial charge on any atom is -0.494 e. The highest BCUT2D eigenvalue weighted by Crippen LogP contribution is 2.34. The van der Waals surface area contributed by atoms with E-state index in [0.29, 0.717) is 30.1 Å². The molecule has 1 saturated heterocycles. The van der Waals surface area contributed by atoms with Crippen molar-refractivity contribution >= 4 is 46.4 Å². The first-order valence-corrected chi connectivity index (χ1v) is 10.8. The molecule has 0 spiro atoms. The van der Waals surface area contributed by atoms with Crippen molar-refractivity contribution in [3.05, 3.63) is 52.0 Å². The molecule has 1 aliphatic heterocycles. The van der Waals surface area contributed by atoms with Crippen LogP contribution in [0.5, 0.6) is 5.75 Å². The third kappa shape index (κ3) is 5.43. The van der Waals surface area contributed by atoms with Gasteiger partial charge in [-0.05, 0) is 36.4 Å². The second-order valence-electron chi connectivity index (χ2n) is 8.50. The average molecular weight is 464 g/mol. The number of nitrogens with one attached hydrogen (secondary N) is 1. The Labute approximate surface area is 193 Å². The minimum absolute atomic E-state index is 0.184. The van der Waals surface area contributed by atoms with E-state index >= 15 is 0 Å². The average Bonchev–Trinajstić information content (AvgIpc) is 2.73. The smallest absolute Gasteiger partial charge is 0.255 e. The summed E-state index contributed by atoms with van der Waals surface area (Å²) < 4.78 is 5.11. The first kappa shape index (κ1) is 23.2. The Morgan fingerprint density at radius 3 is 2.00 bits per heavy atom. The van der Waals surface area contributed by atoms with Gasteiger partial charge >= 0.3 is 0 Å². The molecule has 1 aliphatic rings. The van der Waals surface area contributed by atoms with Crippen molar-refractivity contribution in [3.63, 3.8) is 0 Å². The van der Waals surface area contributed by atoms with Gasteiger partial charge in [0.2, 0.25) is 5.91 Å². The molecule has 8 heteroatoms. The lowest BCUT2D eigenvalue weighted by Crippen LogP contribution is -2.51. The lowest BCUT2D eigenvalue weighted by atomic mass is 9.94. The zero-order chi connectivity index (χ0) is 22.8. The van der Waals surface area contributed by atoms with Crippen molar-refractivity contribution in [2.75, 3.05) is 43.5 Å². The largest absolute Gasteiger partial charge is 0.494 e. The zero-order valence-corrected chi connectivity index (χ0v) is 19.7. The van der Waals surface area contributed by atoms with E-state index in [1.807, 2.05) is 49.9 Å². The number of anilines is 2. The fourth-order valence-electron chi connectivity index (χ4n) is 3.49. The van der Waals surface area contributed by atoms with E-state index in [0.717, 1.165) is 18.8 Å². The fraction of sp³-hybridized carbons (Fsp3) is 0.391. The number of amides is 2. The highest BCUT2D eigenvalue weighted by atomic mass is 35.5. The maximum absolute atomic E-state index is 12.6. The van der Waals surface area contributed by atoms with Crippen LogP contribution in [-0.4, -0.2) is 50.0 Å². The number of carbonyl (C=O) groups excluding carboxylic acids is 2. The van der Waals surface area contributed by atoms with Crippen LogP contribution in [0.4, 0.5) is 11.4 Å². The standard InChI is InChI=1S/C23H27Cl2N3O3/c1-23(2,3)22(30)28-11-9-27(10-12-28)17-7-5-16(6-8-17)26-21(29)15-13-18(24)20(31-4)19(25)14-15/h5-8,13-14H,9-12H2,1-4H3,(H,26,29). The van der Waals surface area contributed by atoms with Crippen LogP contribution in [0.25, 0.3) is 0 Å². The summed E-state index contributed by atoms with van der Waals surface area (Å²) in [4.78, 5) is 29.2. The van der Waals surface area contributed by atoms with Crippen molar-refractivity contribution < 1.29 is 14.3 Å². The molecule has 31 heavy (non-hydrogen) atoms. The lowest BCUT2D eigenvalue weighted by molar-refractivity contribution is -0.139. The fourth-order valence-corrected chi connectivity index (χ4v) is 4.13. The summed E-state index contributed by atoms with van der Waals surface area (Å²) in [6.45, 7) is 8.79. The second kappa shape index (κ2) is 9.37. The van der Waals surface area contributed by atoms with E-state index in [1.54, 1.807) is 0 Å². The van der Waals surface area contributed by atoms with Crippen LogP contribution in [0.3, 0.4) is 0 Å². The van der Waals surface area contributed by atoms with Gasteiger partial charge in [-0.15, -0.1) is 0 Å². The number of carbonyl (C=O) groups is 2. The van der Waals surface area contributed by atoms with Crippen LogP contribution in [0.1, 0.15) is 31.1 Å². The molecule has 2 amide bonds. The summed E-state index contributed by atoms with van der Waals surface area (Å²) >= 11 is 12.2. The minimum atomic E-state index is -0.361. The van der Waals surface area contributed by atoms with Crippen molar-refractivity contribution in [2.45, 2.75) is 20.8 Å². The van der Waals surface area contributed by atoms with Gasteiger partial charge in [-0.1, -0.05) is 44.0 Å². The molecule has 0 unspecified atom stereocenters. The summed E-state index contributed by atoms with van der Waals surface area (Å²) in [5.41, 5.74) is 1.70. The SMILES string of the molecule is COc1c(Cl)cc(C(=O)Nc2ccc(N3CCN(C(=O)C(C)(C)C)CC3)cc2)cc1Cl. The van der Waals surface area contributed by atoms with Crippen molar-refractivity contribution in [3.8, 4) is 5.75 Å². The van der Waals surface area contributed by atoms with Gasteiger partial charge in [-0.25, -0.2) is 0 Å². The number of nitrogens with zero attached hydrogens (tertiary/aromatic N) is 2. The predicted octanol–water partition coefficient (Wildman–Crippen LogP) is 4.95. The molecule has 0 aliphatic carbocycles. The normalized spacial score (nSPS) is 14.4. The highest BCUT2D eigenvalue weighted by molar-refractivity contribution is 6.37. The van der Waals surface area contributed by atoms with Crippen LogP contribution in [-0.2, 0) is 4.79 Å². The van der Waals surface area contributed by atoms with Gasteiger partial charge in [0.05, 0.1) is 17.2 Å². The Balaban J connectivity index is 1.61. The molecule has 2 aromatic rings. The molecule has 0 radical (unpaired) electrons. The monoisotopic (exact) mass is 463 g/mol. The van der Waals surface area contributed by atoms with Gasteiger partial charge in [0.15, 0.2) is 5.75 Å². The molecule has 2 aromatic carbocycles. The summed E-state index contributed by atoms with van der Waals surface area (Å²) in [7, 11) is 1.47. The number of hydrogen-bond acceptors (Lipinski definition) is 4. The third-order valence-electron chi connectivity index (χ3n) is 5.16. The third-order valence-corrected chi connectivity index (χ3v) is 5.72. The molecule has 6 nitrogen and oxygen atoms in total. The van der Waals surface area contributed by atoms with E-state index in [1.165, 1.54) is 19.2 Å². The summed E-state index contributed by atoms with van der Waals surface area (Å²) in [5.74, 6) is 0.214. The Hall–Kier alpha value is -2.44. The van der Waals surface area contributed by atoms with Crippen LogP contribution in [0.15, 0.2) is 36.4 Å². The number of rotatable bonds is 4. The van der Waals surface area contributed by atoms with E-state index in [4.69, 9.17) is 27.9 Å². The first-order chi connectivity index (χ1) is 14.6. The van der Waals surface area contributed by atoms with Crippen molar-refractivity contribution in [2.24, 2.45) is 5.41 Å². The van der Waals surface area contributed by atoms with E-state index < -0.39 is 0 Å². The van der Waals surface area contributed by atoms with Crippen LogP contribution < -0.4 is 15.0 Å². The molecule has 1 N–H and O–H groups in total. The molecular formula is C23H27Cl2N3O3. The van der Waals surface area contributed by atoms with E-state index in [2.05, 4.69) is 10.2 Å². The number of piperazine rings is 1. The quantitative estimate of drug-likeness (QED) is 0.696. The van der Waals surface area contributed by atoms with Gasteiger partial charge in [0.25, 0.3) is 5.91 Å². The van der Waals surface area contributed by atoms with Gasteiger partial charge in [-0.2, -0.15) is 0 Å². The zero-order valence-electron chi connectivity index (χ0n) is 18.2. The number of halogens is 2. The van der Waals surface area contributed by atoms with Gasteiger partial charge in [0, 0.05) is 48.5 Å². The molecule has 1 heterocycles. The van der Waals surface area contributed by atoms with E-state index in [9.17, 15) is 9.59 Å². The van der Waals surface area contributed by atoms with Gasteiger partial charge < -0.3 is 19.9 Å². The van der Waals surface area contributed by atoms with Gasteiger partial charge in [-0.3, -0.25) is 9.59 Å². The maximum Gasteiger partial charge on any atom is 0.255 e. The lowest BCUT2D eigenvalue weighted by Gasteiger charge is -2.38. The Morgan fingerprint density at radius 2 is 1.52 bits per heavy atom. The Morgan fingerprint density at radius 1 is 0.968 bits per heavy atom. The second-order valence-corrected chi connectivity index (χ2v) is 9.32. The Kier molecular flexibility index (Phi) is 7.02. The first-order valence-electron chi connectivity index (χ1n) is 10.1. The van der Waals surface area contributed by atoms with Crippen LogP contribution >= 0.6 is 23.2 Å². The topological polar surface area (TPSA) is 61.9 Å². The number of ether oxygens (including phenoxy) is 1. The Bertz CT molecular complexity index is 940. The van der Waals surface area contributed by atoms with Crippen LogP contribution in [0, 0.1) is 5.41 Å². The molecule has 0 bridgehead atoms. The molecule has 0 saturated carbocycles. The number of benzene rings is 2. The number of methoxy groups -OCH3 is 1.